The van der Waals surface area contributed by atoms with Crippen molar-refractivity contribution in [3.63, 3.8) is 0 Å². The lowest BCUT2D eigenvalue weighted by Crippen LogP contribution is -2.42. The van der Waals surface area contributed by atoms with Crippen molar-refractivity contribution in [2.75, 3.05) is 11.4 Å². The van der Waals surface area contributed by atoms with E-state index in [1.165, 1.54) is 12.5 Å². The number of nitrogens with two attached hydrogens (primary N) is 1. The number of rotatable bonds is 2. The van der Waals surface area contributed by atoms with Crippen LogP contribution in [0.4, 0.5) is 10.1 Å². The second kappa shape index (κ2) is 5.27. The van der Waals surface area contributed by atoms with Gasteiger partial charge in [0.05, 0.1) is 5.69 Å². The van der Waals surface area contributed by atoms with E-state index in [1.54, 1.807) is 6.07 Å². The van der Waals surface area contributed by atoms with Gasteiger partial charge < -0.3 is 10.6 Å². The van der Waals surface area contributed by atoms with Crippen LogP contribution in [0.25, 0.3) is 0 Å². The van der Waals surface area contributed by atoms with Crippen LogP contribution >= 0.6 is 0 Å². The summed E-state index contributed by atoms with van der Waals surface area (Å²) in [5.41, 5.74) is 7.60. The van der Waals surface area contributed by atoms with Gasteiger partial charge in [-0.05, 0) is 44.2 Å². The molecule has 2 rings (SSSR count). The number of benzene rings is 1. The van der Waals surface area contributed by atoms with Crippen LogP contribution in [0.1, 0.15) is 45.2 Å². The highest BCUT2D eigenvalue weighted by molar-refractivity contribution is 5.57. The second-order valence-electron chi connectivity index (χ2n) is 5.65. The summed E-state index contributed by atoms with van der Waals surface area (Å²) in [5, 5.41) is 0. The maximum absolute atomic E-state index is 14.2. The normalized spacial score (nSPS) is 26.2. The number of anilines is 1. The molecular formula is C15H23FN2. The summed E-state index contributed by atoms with van der Waals surface area (Å²) in [6, 6.07) is 5.47. The van der Waals surface area contributed by atoms with Crippen LogP contribution < -0.4 is 10.6 Å². The molecule has 0 aliphatic carbocycles. The molecule has 100 valence electrons. The lowest BCUT2D eigenvalue weighted by atomic mass is 9.93. The Morgan fingerprint density at radius 3 is 2.72 bits per heavy atom. The minimum Gasteiger partial charge on any atom is -0.366 e. The summed E-state index contributed by atoms with van der Waals surface area (Å²) < 4.78 is 14.2. The highest BCUT2D eigenvalue weighted by Gasteiger charge is 2.27. The highest BCUT2D eigenvalue weighted by Crippen LogP contribution is 2.34. The van der Waals surface area contributed by atoms with Crippen molar-refractivity contribution in [2.45, 2.75) is 45.7 Å². The van der Waals surface area contributed by atoms with Crippen LogP contribution in [0.15, 0.2) is 18.2 Å². The Morgan fingerprint density at radius 2 is 2.06 bits per heavy atom. The first-order chi connectivity index (χ1) is 8.50. The fourth-order valence-corrected chi connectivity index (χ4v) is 2.80. The monoisotopic (exact) mass is 250 g/mol. The lowest BCUT2D eigenvalue weighted by Gasteiger charge is -2.40. The van der Waals surface area contributed by atoms with Crippen LogP contribution in [0.3, 0.4) is 0 Å². The molecule has 1 aliphatic rings. The zero-order valence-electron chi connectivity index (χ0n) is 11.5. The Balaban J connectivity index is 2.42. The molecule has 0 spiro atoms. The van der Waals surface area contributed by atoms with E-state index >= 15 is 0 Å². The third kappa shape index (κ3) is 2.51. The Kier molecular flexibility index (Phi) is 3.91. The Morgan fingerprint density at radius 1 is 1.33 bits per heavy atom. The van der Waals surface area contributed by atoms with Gasteiger partial charge in [0.25, 0.3) is 0 Å². The van der Waals surface area contributed by atoms with E-state index in [9.17, 15) is 4.39 Å². The standard InChI is InChI=1S/C15H23FN2/c1-10-7-8-11(2)18(9-10)15-13(12(3)17)5-4-6-14(15)16/h4-6,10-12H,7-9,17H2,1-3H3/t10?,11?,12-/m0/s1. The highest BCUT2D eigenvalue weighted by atomic mass is 19.1. The summed E-state index contributed by atoms with van der Waals surface area (Å²) >= 11 is 0. The molecule has 2 nitrogen and oxygen atoms in total. The fourth-order valence-electron chi connectivity index (χ4n) is 2.80. The molecule has 1 heterocycles. The summed E-state index contributed by atoms with van der Waals surface area (Å²) in [6.07, 6.45) is 2.34. The first-order valence-corrected chi connectivity index (χ1v) is 6.81. The van der Waals surface area contributed by atoms with E-state index in [1.807, 2.05) is 13.0 Å². The molecule has 3 atom stereocenters. The van der Waals surface area contributed by atoms with Crippen molar-refractivity contribution in [3.05, 3.63) is 29.6 Å². The smallest absolute Gasteiger partial charge is 0.146 e. The molecule has 1 saturated heterocycles. The van der Waals surface area contributed by atoms with Gasteiger partial charge in [-0.25, -0.2) is 4.39 Å². The van der Waals surface area contributed by atoms with Crippen molar-refractivity contribution >= 4 is 5.69 Å². The minimum atomic E-state index is -0.147. The van der Waals surface area contributed by atoms with Crippen LogP contribution in [-0.2, 0) is 0 Å². The van der Waals surface area contributed by atoms with Gasteiger partial charge in [0.1, 0.15) is 5.82 Å². The van der Waals surface area contributed by atoms with Crippen molar-refractivity contribution in [2.24, 2.45) is 11.7 Å². The number of hydrogen-bond acceptors (Lipinski definition) is 2. The van der Waals surface area contributed by atoms with Gasteiger partial charge in [0.15, 0.2) is 0 Å². The predicted octanol–water partition coefficient (Wildman–Crippen LogP) is 3.47. The number of hydrogen-bond donors (Lipinski definition) is 1. The van der Waals surface area contributed by atoms with E-state index in [-0.39, 0.29) is 11.9 Å². The van der Waals surface area contributed by atoms with Crippen LogP contribution in [0.2, 0.25) is 0 Å². The molecule has 0 radical (unpaired) electrons. The van der Waals surface area contributed by atoms with E-state index < -0.39 is 0 Å². The molecule has 0 amide bonds. The average molecular weight is 250 g/mol. The quantitative estimate of drug-likeness (QED) is 0.871. The second-order valence-corrected chi connectivity index (χ2v) is 5.65. The average Bonchev–Trinajstić information content (AvgIpc) is 2.32. The van der Waals surface area contributed by atoms with E-state index in [2.05, 4.69) is 18.7 Å². The molecule has 1 aromatic carbocycles. The molecule has 0 bridgehead atoms. The maximum Gasteiger partial charge on any atom is 0.146 e. The number of piperidine rings is 1. The third-order valence-electron chi connectivity index (χ3n) is 3.91. The molecule has 3 heteroatoms. The summed E-state index contributed by atoms with van der Waals surface area (Å²) in [6.45, 7) is 7.23. The van der Waals surface area contributed by atoms with Crippen molar-refractivity contribution in [1.82, 2.24) is 0 Å². The summed E-state index contributed by atoms with van der Waals surface area (Å²) in [5.74, 6) is 0.465. The number of para-hydroxylation sites is 1. The van der Waals surface area contributed by atoms with Gasteiger partial charge in [-0.3, -0.25) is 0 Å². The van der Waals surface area contributed by atoms with E-state index in [4.69, 9.17) is 5.73 Å². The molecular weight excluding hydrogens is 227 g/mol. The molecule has 0 aromatic heterocycles. The van der Waals surface area contributed by atoms with Gasteiger partial charge in [-0.15, -0.1) is 0 Å². The molecule has 2 N–H and O–H groups in total. The Labute approximate surface area is 109 Å². The number of nitrogens with zero attached hydrogens (tertiary/aromatic N) is 1. The Hall–Kier alpha value is -1.09. The van der Waals surface area contributed by atoms with Gasteiger partial charge in [0, 0.05) is 18.6 Å². The molecule has 2 unspecified atom stereocenters. The van der Waals surface area contributed by atoms with Crippen molar-refractivity contribution in [1.29, 1.82) is 0 Å². The van der Waals surface area contributed by atoms with Crippen LogP contribution in [0.5, 0.6) is 0 Å². The van der Waals surface area contributed by atoms with E-state index in [0.29, 0.717) is 17.6 Å². The fraction of sp³-hybridized carbons (Fsp3) is 0.600. The maximum atomic E-state index is 14.2. The number of halogens is 1. The zero-order chi connectivity index (χ0) is 13.3. The molecule has 1 aromatic rings. The van der Waals surface area contributed by atoms with Crippen molar-refractivity contribution < 1.29 is 4.39 Å². The van der Waals surface area contributed by atoms with Crippen LogP contribution in [0, 0.1) is 11.7 Å². The molecule has 1 aliphatic heterocycles. The van der Waals surface area contributed by atoms with Crippen molar-refractivity contribution in [3.8, 4) is 0 Å². The SMILES string of the molecule is CC1CCC(C)N(c2c(F)cccc2[C@H](C)N)C1. The molecule has 0 saturated carbocycles. The van der Waals surface area contributed by atoms with Gasteiger partial charge in [-0.1, -0.05) is 19.1 Å². The van der Waals surface area contributed by atoms with Gasteiger partial charge in [-0.2, -0.15) is 0 Å². The summed E-state index contributed by atoms with van der Waals surface area (Å²) in [7, 11) is 0. The third-order valence-corrected chi connectivity index (χ3v) is 3.91. The topological polar surface area (TPSA) is 29.3 Å². The van der Waals surface area contributed by atoms with Crippen LogP contribution in [-0.4, -0.2) is 12.6 Å². The first-order valence-electron chi connectivity index (χ1n) is 6.81. The minimum absolute atomic E-state index is 0.139. The largest absolute Gasteiger partial charge is 0.366 e. The lowest BCUT2D eigenvalue weighted by molar-refractivity contribution is 0.385. The van der Waals surface area contributed by atoms with E-state index in [0.717, 1.165) is 18.5 Å². The molecule has 1 fully saturated rings. The zero-order valence-corrected chi connectivity index (χ0v) is 11.5. The summed E-state index contributed by atoms with van der Waals surface area (Å²) in [4.78, 5) is 2.20. The van der Waals surface area contributed by atoms with Gasteiger partial charge >= 0.3 is 0 Å². The predicted molar refractivity (Wildman–Crippen MR) is 74.2 cm³/mol. The Bertz CT molecular complexity index is 417. The first kappa shape index (κ1) is 13.3. The van der Waals surface area contributed by atoms with Gasteiger partial charge in [0.2, 0.25) is 0 Å². The molecule has 18 heavy (non-hydrogen) atoms.